The van der Waals surface area contributed by atoms with Crippen molar-refractivity contribution in [1.29, 1.82) is 0 Å². The largest absolute Gasteiger partial charge is 0.496 e. The minimum absolute atomic E-state index is 0.932. The minimum Gasteiger partial charge on any atom is -0.496 e. The molecule has 0 aromatic heterocycles. The van der Waals surface area contributed by atoms with Crippen LogP contribution in [0.4, 0.5) is 0 Å². The maximum atomic E-state index is 5.80. The Labute approximate surface area is 147 Å². The second-order valence-corrected chi connectivity index (χ2v) is 6.88. The molecule has 0 radical (unpaired) electrons. The van der Waals surface area contributed by atoms with Crippen LogP contribution in [0.2, 0.25) is 0 Å². The van der Waals surface area contributed by atoms with Crippen LogP contribution in [0.25, 0.3) is 10.8 Å². The van der Waals surface area contributed by atoms with Crippen LogP contribution in [-0.2, 0) is 6.42 Å². The summed E-state index contributed by atoms with van der Waals surface area (Å²) in [5.74, 6) is 1.03. The first-order valence-electron chi connectivity index (χ1n) is 8.79. The molecule has 2 aromatic rings. The Kier molecular flexibility index (Phi) is 6.25. The highest BCUT2D eigenvalue weighted by Gasteiger charge is 2.14. The molecule has 0 bridgehead atoms. The van der Waals surface area contributed by atoms with Gasteiger partial charge in [-0.3, -0.25) is 0 Å². The van der Waals surface area contributed by atoms with Crippen molar-refractivity contribution in [3.05, 3.63) is 64.3 Å². The van der Waals surface area contributed by atoms with Gasteiger partial charge in [0.2, 0.25) is 0 Å². The third-order valence-corrected chi connectivity index (χ3v) is 4.81. The first-order valence-corrected chi connectivity index (χ1v) is 8.79. The van der Waals surface area contributed by atoms with Crippen LogP contribution in [0.15, 0.2) is 47.6 Å². The van der Waals surface area contributed by atoms with Crippen LogP contribution >= 0.6 is 0 Å². The number of hydrogen-bond acceptors (Lipinski definition) is 1. The molecule has 0 amide bonds. The van der Waals surface area contributed by atoms with E-state index in [9.17, 15) is 0 Å². The van der Waals surface area contributed by atoms with Crippen LogP contribution < -0.4 is 4.74 Å². The molecule has 0 saturated heterocycles. The number of ether oxygens (including phenoxy) is 1. The maximum absolute atomic E-state index is 5.80. The predicted octanol–water partition coefficient (Wildman–Crippen LogP) is 6.70. The smallest absolute Gasteiger partial charge is 0.130 e. The molecule has 0 aliphatic rings. The van der Waals surface area contributed by atoms with Gasteiger partial charge >= 0.3 is 0 Å². The summed E-state index contributed by atoms with van der Waals surface area (Å²) in [7, 11) is 1.78. The maximum Gasteiger partial charge on any atom is 0.130 e. The average molecular weight is 322 g/mol. The fourth-order valence-corrected chi connectivity index (χ4v) is 3.22. The van der Waals surface area contributed by atoms with Crippen LogP contribution in [0.1, 0.15) is 50.3 Å². The standard InChI is InChI=1S/C23H30O/c1-16(2)10-9-11-17(3)14-15-21-19(5)18(4)20-12-7-8-13-22(20)23(21)24-6/h7-8,10,12-14H,9,11,15H2,1-6H3/b17-14+. The van der Waals surface area contributed by atoms with Gasteiger partial charge in [-0.2, -0.15) is 0 Å². The van der Waals surface area contributed by atoms with Gasteiger partial charge in [0.05, 0.1) is 7.11 Å². The van der Waals surface area contributed by atoms with Crippen molar-refractivity contribution < 1.29 is 4.74 Å². The number of rotatable bonds is 6. The van der Waals surface area contributed by atoms with Gasteiger partial charge in [-0.1, -0.05) is 47.6 Å². The molecule has 2 rings (SSSR count). The molecule has 1 heteroatoms. The molecule has 0 fully saturated rings. The van der Waals surface area contributed by atoms with Gasteiger partial charge < -0.3 is 4.74 Å². The lowest BCUT2D eigenvalue weighted by molar-refractivity contribution is 0.415. The van der Waals surface area contributed by atoms with Gasteiger partial charge in [0.25, 0.3) is 0 Å². The lowest BCUT2D eigenvalue weighted by Crippen LogP contribution is -1.99. The zero-order chi connectivity index (χ0) is 17.7. The van der Waals surface area contributed by atoms with E-state index in [0.717, 1.165) is 25.0 Å². The third kappa shape index (κ3) is 4.08. The fraction of sp³-hybridized carbons (Fsp3) is 0.391. The van der Waals surface area contributed by atoms with Gasteiger partial charge in [0.15, 0.2) is 0 Å². The van der Waals surface area contributed by atoms with Gasteiger partial charge in [-0.15, -0.1) is 0 Å². The molecule has 0 aliphatic heterocycles. The van der Waals surface area contributed by atoms with E-state index in [0.29, 0.717) is 0 Å². The highest BCUT2D eigenvalue weighted by atomic mass is 16.5. The summed E-state index contributed by atoms with van der Waals surface area (Å²) in [5, 5.41) is 2.51. The van der Waals surface area contributed by atoms with Crippen LogP contribution in [-0.4, -0.2) is 7.11 Å². The summed E-state index contributed by atoms with van der Waals surface area (Å²) >= 11 is 0. The fourth-order valence-electron chi connectivity index (χ4n) is 3.22. The minimum atomic E-state index is 0.932. The Bertz CT molecular complexity index is 774. The Morgan fingerprint density at radius 2 is 1.62 bits per heavy atom. The Morgan fingerprint density at radius 1 is 0.958 bits per heavy atom. The van der Waals surface area contributed by atoms with Crippen molar-refractivity contribution in [1.82, 2.24) is 0 Å². The predicted molar refractivity (Wildman–Crippen MR) is 106 cm³/mol. The number of hydrogen-bond donors (Lipinski definition) is 0. The van der Waals surface area contributed by atoms with Crippen molar-refractivity contribution in [2.75, 3.05) is 7.11 Å². The zero-order valence-electron chi connectivity index (χ0n) is 16.0. The molecule has 0 atom stereocenters. The lowest BCUT2D eigenvalue weighted by Gasteiger charge is -2.17. The Balaban J connectivity index is 2.35. The van der Waals surface area contributed by atoms with Crippen LogP contribution in [0, 0.1) is 13.8 Å². The van der Waals surface area contributed by atoms with Crippen molar-refractivity contribution >= 4 is 10.8 Å². The molecule has 0 heterocycles. The Morgan fingerprint density at radius 3 is 2.25 bits per heavy atom. The van der Waals surface area contributed by atoms with Crippen LogP contribution in [0.3, 0.4) is 0 Å². The summed E-state index contributed by atoms with van der Waals surface area (Å²) in [6, 6.07) is 8.53. The van der Waals surface area contributed by atoms with E-state index in [2.05, 4.69) is 71.0 Å². The molecule has 0 N–H and O–H groups in total. The van der Waals surface area contributed by atoms with Gasteiger partial charge in [-0.25, -0.2) is 0 Å². The monoisotopic (exact) mass is 322 g/mol. The van der Waals surface area contributed by atoms with Gasteiger partial charge in [0, 0.05) is 10.9 Å². The molecule has 1 nitrogen and oxygen atoms in total. The third-order valence-electron chi connectivity index (χ3n) is 4.81. The molecule has 2 aromatic carbocycles. The molecule has 0 spiro atoms. The Hall–Kier alpha value is -2.02. The quantitative estimate of drug-likeness (QED) is 0.538. The van der Waals surface area contributed by atoms with E-state index in [-0.39, 0.29) is 0 Å². The first kappa shape index (κ1) is 18.3. The van der Waals surface area contributed by atoms with Crippen molar-refractivity contribution in [2.45, 2.75) is 53.9 Å². The van der Waals surface area contributed by atoms with E-state index in [1.165, 1.54) is 38.6 Å². The topological polar surface area (TPSA) is 9.23 Å². The number of fused-ring (bicyclic) bond motifs is 1. The van der Waals surface area contributed by atoms with Crippen molar-refractivity contribution in [2.24, 2.45) is 0 Å². The van der Waals surface area contributed by atoms with E-state index in [1.54, 1.807) is 7.11 Å². The molecular formula is C23H30O. The molecule has 0 saturated carbocycles. The summed E-state index contributed by atoms with van der Waals surface area (Å²) in [5.41, 5.74) is 6.86. The first-order chi connectivity index (χ1) is 11.5. The number of methoxy groups -OCH3 is 1. The molecule has 0 unspecified atom stereocenters. The summed E-state index contributed by atoms with van der Waals surface area (Å²) in [6.45, 7) is 11.0. The number of benzene rings is 2. The lowest BCUT2D eigenvalue weighted by atomic mass is 9.92. The number of aryl methyl sites for hydroxylation is 1. The second-order valence-electron chi connectivity index (χ2n) is 6.88. The van der Waals surface area contributed by atoms with Gasteiger partial charge in [-0.05, 0) is 70.4 Å². The molecule has 128 valence electrons. The average Bonchev–Trinajstić information content (AvgIpc) is 2.56. The SMILES string of the molecule is COc1c(C/C=C(\C)CCC=C(C)C)c(C)c(C)c2ccccc12. The zero-order valence-corrected chi connectivity index (χ0v) is 16.0. The van der Waals surface area contributed by atoms with Crippen molar-refractivity contribution in [3.8, 4) is 5.75 Å². The summed E-state index contributed by atoms with van der Waals surface area (Å²) < 4.78 is 5.80. The highest BCUT2D eigenvalue weighted by Crippen LogP contribution is 2.36. The molecule has 24 heavy (non-hydrogen) atoms. The second kappa shape index (κ2) is 8.19. The molecular weight excluding hydrogens is 292 g/mol. The normalized spacial score (nSPS) is 11.7. The van der Waals surface area contributed by atoms with E-state index in [4.69, 9.17) is 4.74 Å². The molecule has 0 aliphatic carbocycles. The van der Waals surface area contributed by atoms with Gasteiger partial charge in [0.1, 0.15) is 5.75 Å². The highest BCUT2D eigenvalue weighted by molar-refractivity contribution is 5.93. The van der Waals surface area contributed by atoms with Crippen LogP contribution in [0.5, 0.6) is 5.75 Å². The van der Waals surface area contributed by atoms with Crippen molar-refractivity contribution in [3.63, 3.8) is 0 Å². The van der Waals surface area contributed by atoms with E-state index < -0.39 is 0 Å². The van der Waals surface area contributed by atoms with E-state index in [1.807, 2.05) is 0 Å². The number of allylic oxidation sites excluding steroid dienone is 4. The van der Waals surface area contributed by atoms with E-state index >= 15 is 0 Å². The summed E-state index contributed by atoms with van der Waals surface area (Å²) in [6.07, 6.45) is 7.85. The summed E-state index contributed by atoms with van der Waals surface area (Å²) in [4.78, 5) is 0.